The predicted octanol–water partition coefficient (Wildman–Crippen LogP) is 6.27. The number of pyridine rings is 1. The number of nitrogens with one attached hydrogen (secondary N) is 1. The van der Waals surface area contributed by atoms with Crippen LogP contribution in [0.1, 0.15) is 95.8 Å². The van der Waals surface area contributed by atoms with Crippen molar-refractivity contribution in [3.8, 4) is 6.07 Å². The van der Waals surface area contributed by atoms with E-state index in [0.717, 1.165) is 25.7 Å². The lowest BCUT2D eigenvalue weighted by molar-refractivity contribution is -0.150. The van der Waals surface area contributed by atoms with Gasteiger partial charge in [-0.05, 0) is 25.3 Å². The highest BCUT2D eigenvalue weighted by atomic mass is 35.5. The van der Waals surface area contributed by atoms with Gasteiger partial charge in [0.05, 0.1) is 11.4 Å². The van der Waals surface area contributed by atoms with Crippen molar-refractivity contribution in [2.24, 2.45) is 0 Å². The summed E-state index contributed by atoms with van der Waals surface area (Å²) in [7, 11) is -9.20. The third kappa shape index (κ3) is 10.1. The highest BCUT2D eigenvalue weighted by molar-refractivity contribution is 7.97. The standard InChI is InChI=1S/C32H43ClFN4O11PS/c1-2-3-4-5-6-7-8-9-10-11-25(39)45-18-46-50(41,42)19-51(43,44)17-24-27-28(49-32(40)48-27)31(47-24)38-13-12-22-26(36-21-14-20(34)15-21)23(16-35)29(33)37-30(22)38/h12-13,20-21,24,27-28,31H,2-11,14-15,17-19H2,1H3,(H,36,37)(H,41,42)/t20?,21?,24-,27-,28-,31-/m1/s1. The van der Waals surface area contributed by atoms with E-state index in [1.54, 1.807) is 6.07 Å². The SMILES string of the molecule is CCCCCCCCCCCC(=O)OCOP(=O)(O)CS(=O)(=O)C[C@H]1O[C@@H](n2ccc3c(NC4CC(F)C4)c(C#N)c(Cl)nc32)[C@@H]2OC(=O)O[C@@H]21. The molecule has 5 atom stereocenters. The van der Waals surface area contributed by atoms with Crippen molar-refractivity contribution in [3.63, 3.8) is 0 Å². The van der Waals surface area contributed by atoms with Crippen LogP contribution in [0.3, 0.4) is 0 Å². The van der Waals surface area contributed by atoms with Crippen LogP contribution >= 0.6 is 19.2 Å². The number of carbonyl (C=O) groups is 2. The lowest BCUT2D eigenvalue weighted by Gasteiger charge is -2.31. The number of halogens is 2. The first-order valence-corrected chi connectivity index (χ1v) is 21.1. The molecule has 2 aliphatic heterocycles. The average Bonchev–Trinajstić information content (AvgIpc) is 3.72. The fourth-order valence-corrected chi connectivity index (χ4v) is 10.4. The first-order valence-electron chi connectivity index (χ1n) is 17.2. The molecule has 1 unspecified atom stereocenters. The van der Waals surface area contributed by atoms with Gasteiger partial charge in [-0.15, -0.1) is 0 Å². The summed E-state index contributed by atoms with van der Waals surface area (Å²) in [6.07, 6.45) is 4.84. The maximum atomic E-state index is 13.5. The number of esters is 1. The molecule has 2 saturated heterocycles. The van der Waals surface area contributed by atoms with Gasteiger partial charge in [-0.1, -0.05) is 69.9 Å². The van der Waals surface area contributed by atoms with Gasteiger partial charge in [0.25, 0.3) is 0 Å². The number of hydrogen-bond donors (Lipinski definition) is 2. The summed E-state index contributed by atoms with van der Waals surface area (Å²) in [5, 5.41) is 13.2. The minimum atomic E-state index is -4.79. The number of rotatable bonds is 20. The molecule has 4 heterocycles. The van der Waals surface area contributed by atoms with E-state index >= 15 is 0 Å². The van der Waals surface area contributed by atoms with Gasteiger partial charge in [0, 0.05) is 24.0 Å². The molecule has 0 radical (unpaired) electrons. The summed E-state index contributed by atoms with van der Waals surface area (Å²) >= 11 is 6.36. The first-order chi connectivity index (χ1) is 24.3. The van der Waals surface area contributed by atoms with E-state index in [-0.39, 0.29) is 41.7 Å². The largest absolute Gasteiger partial charge is 0.509 e. The van der Waals surface area contributed by atoms with Crippen LogP contribution in [-0.2, 0) is 42.7 Å². The number of ether oxygens (including phenoxy) is 4. The van der Waals surface area contributed by atoms with Gasteiger partial charge in [-0.2, -0.15) is 5.26 Å². The molecule has 1 aliphatic carbocycles. The zero-order chi connectivity index (χ0) is 36.8. The summed E-state index contributed by atoms with van der Waals surface area (Å²) in [4.78, 5) is 38.8. The van der Waals surface area contributed by atoms with Gasteiger partial charge in [0.15, 0.2) is 38.9 Å². The number of nitrogens with zero attached hydrogens (tertiary/aromatic N) is 3. The molecular formula is C32H43ClFN4O11PS. The van der Waals surface area contributed by atoms with E-state index in [9.17, 15) is 37.1 Å². The first kappa shape index (κ1) is 39.2. The van der Waals surface area contributed by atoms with Crippen LogP contribution < -0.4 is 5.32 Å². The molecule has 15 nitrogen and oxygen atoms in total. The smallest absolute Gasteiger partial charge is 0.438 e. The van der Waals surface area contributed by atoms with Crippen molar-refractivity contribution < 1.29 is 55.3 Å². The molecule has 2 aromatic heterocycles. The van der Waals surface area contributed by atoms with E-state index in [4.69, 9.17) is 35.1 Å². The Labute approximate surface area is 300 Å². The van der Waals surface area contributed by atoms with Crippen molar-refractivity contribution in [3.05, 3.63) is 23.0 Å². The topological polar surface area (TPSA) is 205 Å². The van der Waals surface area contributed by atoms with Crippen LogP contribution in [0.15, 0.2) is 12.3 Å². The molecule has 0 aromatic carbocycles. The zero-order valence-electron chi connectivity index (χ0n) is 28.2. The molecule has 282 valence electrons. The number of hydrogen-bond acceptors (Lipinski definition) is 13. The Bertz CT molecular complexity index is 1770. The van der Waals surface area contributed by atoms with Crippen LogP contribution in [0.5, 0.6) is 0 Å². The van der Waals surface area contributed by atoms with Gasteiger partial charge in [-0.3, -0.25) is 13.9 Å². The van der Waals surface area contributed by atoms with E-state index in [0.29, 0.717) is 17.5 Å². The monoisotopic (exact) mass is 776 g/mol. The number of aromatic nitrogens is 2. The van der Waals surface area contributed by atoms with Crippen molar-refractivity contribution in [2.75, 3.05) is 23.4 Å². The molecular weight excluding hydrogens is 734 g/mol. The van der Waals surface area contributed by atoms with Gasteiger partial charge in [0.2, 0.25) is 6.79 Å². The second kappa shape index (κ2) is 17.2. The van der Waals surface area contributed by atoms with Crippen LogP contribution in [-0.4, -0.2) is 83.6 Å². The van der Waals surface area contributed by atoms with E-state index in [1.165, 1.54) is 36.4 Å². The predicted molar refractivity (Wildman–Crippen MR) is 182 cm³/mol. The van der Waals surface area contributed by atoms with Crippen molar-refractivity contribution >= 4 is 57.9 Å². The lowest BCUT2D eigenvalue weighted by Crippen LogP contribution is -2.36. The second-order valence-electron chi connectivity index (χ2n) is 13.1. The van der Waals surface area contributed by atoms with Gasteiger partial charge in [0.1, 0.15) is 29.6 Å². The van der Waals surface area contributed by atoms with Crippen molar-refractivity contribution in [1.29, 1.82) is 5.26 Å². The van der Waals surface area contributed by atoms with Gasteiger partial charge in [-0.25, -0.2) is 22.6 Å². The molecule has 0 bridgehead atoms. The summed E-state index contributed by atoms with van der Waals surface area (Å²) in [5.41, 5.74) is -0.723. The average molecular weight is 777 g/mol. The Morgan fingerprint density at radius 2 is 1.84 bits per heavy atom. The number of anilines is 1. The Kier molecular flexibility index (Phi) is 13.2. The fraction of sp³-hybridized carbons (Fsp3) is 0.688. The van der Waals surface area contributed by atoms with Crippen LogP contribution in [0.25, 0.3) is 11.0 Å². The molecule has 0 spiro atoms. The Hall–Kier alpha value is -3.00. The summed E-state index contributed by atoms with van der Waals surface area (Å²) in [6.45, 7) is 1.27. The molecule has 51 heavy (non-hydrogen) atoms. The minimum Gasteiger partial charge on any atom is -0.438 e. The van der Waals surface area contributed by atoms with Crippen LogP contribution in [0.4, 0.5) is 14.9 Å². The molecule has 5 rings (SSSR count). The number of carbonyl (C=O) groups excluding carboxylic acids is 2. The second-order valence-corrected chi connectivity index (χ2v) is 17.9. The molecule has 1 saturated carbocycles. The third-order valence-electron chi connectivity index (χ3n) is 9.12. The zero-order valence-corrected chi connectivity index (χ0v) is 30.7. The molecule has 0 amide bonds. The molecule has 2 aromatic rings. The lowest BCUT2D eigenvalue weighted by atomic mass is 9.90. The number of alkyl halides is 1. The normalized spacial score (nSPS) is 25.4. The van der Waals surface area contributed by atoms with Crippen LogP contribution in [0, 0.1) is 11.3 Å². The number of sulfone groups is 1. The van der Waals surface area contributed by atoms with Crippen LogP contribution in [0.2, 0.25) is 5.15 Å². The van der Waals surface area contributed by atoms with Gasteiger partial charge >= 0.3 is 19.7 Å². The minimum absolute atomic E-state index is 0.0539. The maximum Gasteiger partial charge on any atom is 0.509 e. The highest BCUT2D eigenvalue weighted by Gasteiger charge is 2.56. The van der Waals surface area contributed by atoms with E-state index in [1.807, 2.05) is 6.07 Å². The molecule has 3 aliphatic rings. The molecule has 2 N–H and O–H groups in total. The molecule has 3 fully saturated rings. The van der Waals surface area contributed by atoms with E-state index in [2.05, 4.69) is 17.2 Å². The van der Waals surface area contributed by atoms with Gasteiger partial charge < -0.3 is 33.7 Å². The van der Waals surface area contributed by atoms with Crippen molar-refractivity contribution in [2.45, 2.75) is 121 Å². The Morgan fingerprint density at radius 1 is 1.18 bits per heavy atom. The maximum absolute atomic E-state index is 13.5. The number of unbranched alkanes of at least 4 members (excludes halogenated alkanes) is 8. The number of nitriles is 1. The fourth-order valence-electron chi connectivity index (χ4n) is 6.47. The Balaban J connectivity index is 1.16. The van der Waals surface area contributed by atoms with Crippen molar-refractivity contribution in [1.82, 2.24) is 9.55 Å². The summed E-state index contributed by atoms with van der Waals surface area (Å²) in [5.74, 6) is -1.48. The Morgan fingerprint density at radius 3 is 2.51 bits per heavy atom. The number of fused-ring (bicyclic) bond motifs is 2. The summed E-state index contributed by atoms with van der Waals surface area (Å²) in [6, 6.07) is 3.38. The summed E-state index contributed by atoms with van der Waals surface area (Å²) < 4.78 is 80.1. The molecule has 19 heteroatoms. The highest BCUT2D eigenvalue weighted by Crippen LogP contribution is 2.46. The third-order valence-corrected chi connectivity index (χ3v) is 13.6. The van der Waals surface area contributed by atoms with E-state index < -0.39 is 78.3 Å². The quantitative estimate of drug-likeness (QED) is 0.0500.